The normalized spacial score (nSPS) is 14.3. The second kappa shape index (κ2) is 9.82. The van der Waals surface area contributed by atoms with Gasteiger partial charge >= 0.3 is 0 Å². The average molecular weight is 452 g/mol. The zero-order valence-electron chi connectivity index (χ0n) is 17.6. The summed E-state index contributed by atoms with van der Waals surface area (Å²) >= 11 is 0. The van der Waals surface area contributed by atoms with Gasteiger partial charge in [-0.1, -0.05) is 36.8 Å². The summed E-state index contributed by atoms with van der Waals surface area (Å²) in [6.45, 7) is 0.490. The van der Waals surface area contributed by atoms with Crippen molar-refractivity contribution in [3.8, 4) is 5.75 Å². The summed E-state index contributed by atoms with van der Waals surface area (Å²) in [4.78, 5) is 16.7. The van der Waals surface area contributed by atoms with Crippen LogP contribution in [0.5, 0.6) is 5.75 Å². The molecule has 0 bridgehead atoms. The lowest BCUT2D eigenvalue weighted by Crippen LogP contribution is -2.30. The molecule has 0 radical (unpaired) electrons. The summed E-state index contributed by atoms with van der Waals surface area (Å²) in [5.74, 6) is 0.776. The van der Waals surface area contributed by atoms with Crippen molar-refractivity contribution in [2.24, 2.45) is 4.99 Å². The third-order valence-corrected chi connectivity index (χ3v) is 6.56. The van der Waals surface area contributed by atoms with Gasteiger partial charge in [0.15, 0.2) is 6.61 Å². The number of nitrogens with zero attached hydrogens (tertiary/aromatic N) is 1. The van der Waals surface area contributed by atoms with Crippen LogP contribution in [0.2, 0.25) is 0 Å². The van der Waals surface area contributed by atoms with E-state index in [4.69, 9.17) is 4.74 Å². The summed E-state index contributed by atoms with van der Waals surface area (Å²) in [5, 5.41) is 4.84. The Morgan fingerprint density at radius 2 is 1.72 bits per heavy atom. The second-order valence-electron chi connectivity index (χ2n) is 7.61. The van der Waals surface area contributed by atoms with E-state index in [1.165, 1.54) is 12.1 Å². The van der Waals surface area contributed by atoms with Gasteiger partial charge in [-0.05, 0) is 60.0 Å². The molecule has 0 spiro atoms. The predicted octanol–water partition coefficient (Wildman–Crippen LogP) is 4.11. The third kappa shape index (κ3) is 5.64. The molecular formula is C24H25N3O4S. The van der Waals surface area contributed by atoms with E-state index in [-0.39, 0.29) is 17.4 Å². The Hall–Kier alpha value is -3.39. The number of hydrogen-bond donors (Lipinski definition) is 2. The van der Waals surface area contributed by atoms with Gasteiger partial charge in [0, 0.05) is 18.7 Å². The molecule has 3 aromatic rings. The molecule has 1 heterocycles. The van der Waals surface area contributed by atoms with E-state index < -0.39 is 10.0 Å². The van der Waals surface area contributed by atoms with Crippen LogP contribution in [-0.2, 0) is 14.8 Å². The average Bonchev–Trinajstić information content (AvgIpc) is 3.06. The minimum absolute atomic E-state index is 0.120. The molecule has 2 N–H and O–H groups in total. The molecule has 0 atom stereocenters. The third-order valence-electron chi connectivity index (χ3n) is 5.17. The number of nitrogens with one attached hydrogen (secondary N) is 2. The Balaban J connectivity index is 1.33. The zero-order chi connectivity index (χ0) is 22.4. The molecule has 166 valence electrons. The first kappa shape index (κ1) is 21.8. The fourth-order valence-electron chi connectivity index (χ4n) is 3.49. The smallest absolute Gasteiger partial charge is 0.262 e. The van der Waals surface area contributed by atoms with Gasteiger partial charge < -0.3 is 10.1 Å². The first-order chi connectivity index (χ1) is 15.5. The van der Waals surface area contributed by atoms with Crippen LogP contribution in [0.25, 0.3) is 10.8 Å². The Labute approximate surface area is 187 Å². The van der Waals surface area contributed by atoms with Gasteiger partial charge in [-0.2, -0.15) is 0 Å². The number of anilines is 1. The molecule has 0 fully saturated rings. The van der Waals surface area contributed by atoms with Crippen LogP contribution >= 0.6 is 0 Å². The number of aliphatic imine (C=N–C) groups is 1. The molecule has 3 aromatic carbocycles. The van der Waals surface area contributed by atoms with Gasteiger partial charge in [0.05, 0.1) is 4.90 Å². The van der Waals surface area contributed by atoms with Gasteiger partial charge in [-0.25, -0.2) is 8.42 Å². The summed E-state index contributed by atoms with van der Waals surface area (Å²) in [7, 11) is -3.70. The summed E-state index contributed by atoms with van der Waals surface area (Å²) in [6.07, 6.45) is 3.58. The van der Waals surface area contributed by atoms with E-state index in [0.717, 1.165) is 30.0 Å². The van der Waals surface area contributed by atoms with Crippen molar-refractivity contribution < 1.29 is 17.9 Å². The molecule has 0 aliphatic carbocycles. The van der Waals surface area contributed by atoms with Crippen molar-refractivity contribution in [3.05, 3.63) is 66.7 Å². The molecule has 1 amide bonds. The molecule has 0 unspecified atom stereocenters. The van der Waals surface area contributed by atoms with Crippen LogP contribution in [0.4, 0.5) is 5.69 Å². The second-order valence-corrected chi connectivity index (χ2v) is 9.30. The highest BCUT2D eigenvalue weighted by Gasteiger charge is 2.17. The predicted molar refractivity (Wildman–Crippen MR) is 126 cm³/mol. The fourth-order valence-corrected chi connectivity index (χ4v) is 4.58. The van der Waals surface area contributed by atoms with Crippen LogP contribution in [0, 0.1) is 0 Å². The van der Waals surface area contributed by atoms with Crippen molar-refractivity contribution in [1.82, 2.24) is 4.72 Å². The maximum Gasteiger partial charge on any atom is 0.262 e. The molecule has 4 rings (SSSR count). The van der Waals surface area contributed by atoms with Gasteiger partial charge in [0.2, 0.25) is 0 Å². The van der Waals surface area contributed by atoms with Gasteiger partial charge in [-0.3, -0.25) is 14.5 Å². The highest BCUT2D eigenvalue weighted by atomic mass is 32.2. The Morgan fingerprint density at radius 3 is 2.53 bits per heavy atom. The number of fused-ring (bicyclic) bond motifs is 1. The standard InChI is InChI=1S/C24H25N3O4S/c28-24(17-31-21-12-9-18-6-3-4-7-19(18)16-21)26-20-10-13-22(14-11-20)32(29,30)27-23-8-2-1-5-15-25-23/h3-4,6-7,9-14,16H,1-2,5,8,15,17H2,(H,25,27)(H,26,28). The number of sulfonamides is 1. The first-order valence-electron chi connectivity index (χ1n) is 10.6. The van der Waals surface area contributed by atoms with E-state index in [1.54, 1.807) is 12.1 Å². The van der Waals surface area contributed by atoms with Gasteiger partial charge in [-0.15, -0.1) is 0 Å². The largest absolute Gasteiger partial charge is 0.484 e. The van der Waals surface area contributed by atoms with Crippen molar-refractivity contribution in [2.75, 3.05) is 18.5 Å². The van der Waals surface area contributed by atoms with Crippen LogP contribution in [0.15, 0.2) is 76.6 Å². The monoisotopic (exact) mass is 451 g/mol. The lowest BCUT2D eigenvalue weighted by molar-refractivity contribution is -0.118. The number of carbonyl (C=O) groups is 1. The van der Waals surface area contributed by atoms with E-state index in [2.05, 4.69) is 15.0 Å². The highest BCUT2D eigenvalue weighted by Crippen LogP contribution is 2.21. The molecule has 8 heteroatoms. The summed E-state index contributed by atoms with van der Waals surface area (Å²) < 4.78 is 33.4. The maximum atomic E-state index is 12.6. The van der Waals surface area contributed by atoms with E-state index in [9.17, 15) is 13.2 Å². The number of ether oxygens (including phenoxy) is 1. The van der Waals surface area contributed by atoms with Crippen molar-refractivity contribution in [3.63, 3.8) is 0 Å². The lowest BCUT2D eigenvalue weighted by Gasteiger charge is -2.11. The number of carbonyl (C=O) groups excluding carboxylic acids is 1. The number of hydrogen-bond acceptors (Lipinski definition) is 5. The number of rotatable bonds is 6. The first-order valence-corrected chi connectivity index (χ1v) is 12.1. The minimum Gasteiger partial charge on any atom is -0.484 e. The number of benzene rings is 3. The van der Waals surface area contributed by atoms with Crippen LogP contribution in [0.1, 0.15) is 25.7 Å². The minimum atomic E-state index is -3.70. The molecule has 0 saturated heterocycles. The maximum absolute atomic E-state index is 12.6. The summed E-state index contributed by atoms with van der Waals surface area (Å²) in [6, 6.07) is 19.6. The molecule has 0 saturated carbocycles. The van der Waals surface area contributed by atoms with E-state index >= 15 is 0 Å². The van der Waals surface area contributed by atoms with Crippen LogP contribution < -0.4 is 14.8 Å². The van der Waals surface area contributed by atoms with Crippen LogP contribution in [0.3, 0.4) is 0 Å². The SMILES string of the molecule is O=C(COc1ccc2ccccc2c1)Nc1ccc(S(=O)(=O)NC2=NCCCCC2)cc1. The number of amidine groups is 1. The zero-order valence-corrected chi connectivity index (χ0v) is 18.4. The van der Waals surface area contributed by atoms with Crippen molar-refractivity contribution in [2.45, 2.75) is 30.6 Å². The Morgan fingerprint density at radius 1 is 0.938 bits per heavy atom. The molecule has 0 aromatic heterocycles. The van der Waals surface area contributed by atoms with Crippen molar-refractivity contribution >= 4 is 38.2 Å². The molecule has 7 nitrogen and oxygen atoms in total. The topological polar surface area (TPSA) is 96.9 Å². The Kier molecular flexibility index (Phi) is 6.70. The van der Waals surface area contributed by atoms with Gasteiger partial charge in [0.25, 0.3) is 15.9 Å². The summed E-state index contributed by atoms with van der Waals surface area (Å²) in [5.41, 5.74) is 0.489. The molecular weight excluding hydrogens is 426 g/mol. The lowest BCUT2D eigenvalue weighted by atomic mass is 10.1. The van der Waals surface area contributed by atoms with Gasteiger partial charge in [0.1, 0.15) is 11.6 Å². The van der Waals surface area contributed by atoms with Crippen LogP contribution in [-0.4, -0.2) is 33.3 Å². The Bertz CT molecular complexity index is 1240. The van der Waals surface area contributed by atoms with E-state index in [0.29, 0.717) is 30.2 Å². The molecule has 1 aliphatic heterocycles. The molecule has 32 heavy (non-hydrogen) atoms. The fraction of sp³-hybridized carbons (Fsp3) is 0.250. The number of amides is 1. The van der Waals surface area contributed by atoms with Crippen molar-refractivity contribution in [1.29, 1.82) is 0 Å². The highest BCUT2D eigenvalue weighted by molar-refractivity contribution is 7.90. The van der Waals surface area contributed by atoms with E-state index in [1.807, 2.05) is 42.5 Å². The quantitative estimate of drug-likeness (QED) is 0.589. The molecule has 1 aliphatic rings.